The van der Waals surface area contributed by atoms with Crippen LogP contribution in [0.1, 0.15) is 21.5 Å². The molecule has 1 amide bonds. The van der Waals surface area contributed by atoms with Gasteiger partial charge < -0.3 is 10.6 Å². The number of amides is 1. The summed E-state index contributed by atoms with van der Waals surface area (Å²) in [5, 5.41) is 5.89. The molecule has 2 rings (SSSR count). The predicted molar refractivity (Wildman–Crippen MR) is 86.0 cm³/mol. The van der Waals surface area contributed by atoms with Crippen molar-refractivity contribution in [3.63, 3.8) is 0 Å². The molecule has 0 saturated carbocycles. The van der Waals surface area contributed by atoms with E-state index in [0.29, 0.717) is 16.6 Å². The second-order valence-corrected chi connectivity index (χ2v) is 5.51. The van der Waals surface area contributed by atoms with Crippen molar-refractivity contribution in [3.8, 4) is 0 Å². The van der Waals surface area contributed by atoms with Crippen LogP contribution >= 0.6 is 15.9 Å². The van der Waals surface area contributed by atoms with Crippen LogP contribution in [0.15, 0.2) is 40.9 Å². The summed E-state index contributed by atoms with van der Waals surface area (Å²) in [5.74, 6) is -0.391. The van der Waals surface area contributed by atoms with Gasteiger partial charge in [0.15, 0.2) is 0 Å². The maximum atomic E-state index is 13.2. The quantitative estimate of drug-likeness (QED) is 0.878. The van der Waals surface area contributed by atoms with Crippen molar-refractivity contribution in [2.24, 2.45) is 0 Å². The molecule has 0 fully saturated rings. The van der Waals surface area contributed by atoms with Crippen LogP contribution in [0.5, 0.6) is 0 Å². The lowest BCUT2D eigenvalue weighted by atomic mass is 10.1. The van der Waals surface area contributed by atoms with Crippen molar-refractivity contribution < 1.29 is 9.18 Å². The first-order chi connectivity index (χ1) is 10.0. The average molecular weight is 351 g/mol. The summed E-state index contributed by atoms with van der Waals surface area (Å²) in [6.07, 6.45) is 0. The van der Waals surface area contributed by atoms with Gasteiger partial charge in [0.1, 0.15) is 5.82 Å². The molecular formula is C16H16BrFN2O. The molecule has 110 valence electrons. The van der Waals surface area contributed by atoms with Crippen molar-refractivity contribution in [2.75, 3.05) is 12.4 Å². The van der Waals surface area contributed by atoms with Gasteiger partial charge in [-0.15, -0.1) is 0 Å². The zero-order chi connectivity index (χ0) is 15.4. The van der Waals surface area contributed by atoms with Gasteiger partial charge in [-0.3, -0.25) is 4.79 Å². The van der Waals surface area contributed by atoms with E-state index in [1.807, 2.05) is 19.1 Å². The number of halogens is 2. The molecule has 0 aliphatic heterocycles. The fraction of sp³-hybridized carbons (Fsp3) is 0.188. The van der Waals surface area contributed by atoms with Gasteiger partial charge in [0.2, 0.25) is 0 Å². The molecule has 21 heavy (non-hydrogen) atoms. The molecular weight excluding hydrogens is 335 g/mol. The first-order valence-electron chi connectivity index (χ1n) is 6.52. The van der Waals surface area contributed by atoms with E-state index in [0.717, 1.165) is 16.8 Å². The van der Waals surface area contributed by atoms with Gasteiger partial charge in [0.25, 0.3) is 5.91 Å². The van der Waals surface area contributed by atoms with Crippen LogP contribution in [0, 0.1) is 12.7 Å². The number of carbonyl (C=O) groups is 1. The lowest BCUT2D eigenvalue weighted by molar-refractivity contribution is 0.0962. The summed E-state index contributed by atoms with van der Waals surface area (Å²) in [6.45, 7) is 2.45. The van der Waals surface area contributed by atoms with Gasteiger partial charge in [-0.2, -0.15) is 0 Å². The van der Waals surface area contributed by atoms with Gasteiger partial charge in [0.05, 0.1) is 4.47 Å². The van der Waals surface area contributed by atoms with Crippen molar-refractivity contribution in [2.45, 2.75) is 13.5 Å². The Morgan fingerprint density at radius 2 is 2.05 bits per heavy atom. The smallest absolute Gasteiger partial charge is 0.251 e. The Kier molecular flexibility index (Phi) is 4.96. The van der Waals surface area contributed by atoms with Crippen LogP contribution in [0.25, 0.3) is 0 Å². The summed E-state index contributed by atoms with van der Waals surface area (Å²) >= 11 is 3.17. The third-order valence-corrected chi connectivity index (χ3v) is 3.88. The Morgan fingerprint density at radius 3 is 2.71 bits per heavy atom. The molecule has 3 nitrogen and oxygen atoms in total. The Bertz CT molecular complexity index is 673. The van der Waals surface area contributed by atoms with Crippen LogP contribution in [0.4, 0.5) is 10.1 Å². The normalized spacial score (nSPS) is 10.3. The third-order valence-electron chi connectivity index (χ3n) is 3.27. The fourth-order valence-corrected chi connectivity index (χ4v) is 2.48. The average Bonchev–Trinajstić information content (AvgIpc) is 2.49. The first kappa shape index (κ1) is 15.5. The number of hydrogen-bond donors (Lipinski definition) is 2. The Balaban J connectivity index is 2.16. The molecule has 0 unspecified atom stereocenters. The molecule has 0 atom stereocenters. The summed E-state index contributed by atoms with van der Waals surface area (Å²) in [6, 6.07) is 10.4. The highest BCUT2D eigenvalue weighted by atomic mass is 79.9. The minimum atomic E-state index is -0.281. The standard InChI is InChI=1S/C16H16BrFN2O/c1-10-12(16(21)19-2)4-3-5-15(10)20-9-11-6-7-14(18)13(17)8-11/h3-8,20H,9H2,1-2H3,(H,19,21). The van der Waals surface area contributed by atoms with Gasteiger partial charge in [-0.1, -0.05) is 12.1 Å². The number of rotatable bonds is 4. The maximum absolute atomic E-state index is 13.2. The van der Waals surface area contributed by atoms with Gasteiger partial charge in [-0.25, -0.2) is 4.39 Å². The number of anilines is 1. The first-order valence-corrected chi connectivity index (χ1v) is 7.31. The highest BCUT2D eigenvalue weighted by Gasteiger charge is 2.10. The molecule has 2 aromatic rings. The Labute approximate surface area is 131 Å². The van der Waals surface area contributed by atoms with Gasteiger partial charge in [0, 0.05) is 24.8 Å². The van der Waals surface area contributed by atoms with E-state index < -0.39 is 0 Å². The predicted octanol–water partition coefficient (Wildman–Crippen LogP) is 3.87. The molecule has 0 spiro atoms. The second-order valence-electron chi connectivity index (χ2n) is 4.66. The molecule has 0 aromatic heterocycles. The topological polar surface area (TPSA) is 41.1 Å². The number of hydrogen-bond acceptors (Lipinski definition) is 2. The Morgan fingerprint density at radius 1 is 1.29 bits per heavy atom. The summed E-state index contributed by atoms with van der Waals surface area (Å²) < 4.78 is 13.6. The second kappa shape index (κ2) is 6.72. The molecule has 2 aromatic carbocycles. The van der Waals surface area contributed by atoms with Crippen LogP contribution in [-0.4, -0.2) is 13.0 Å². The monoisotopic (exact) mass is 350 g/mol. The molecule has 0 bridgehead atoms. The summed E-state index contributed by atoms with van der Waals surface area (Å²) in [7, 11) is 1.61. The third kappa shape index (κ3) is 3.61. The van der Waals surface area contributed by atoms with Crippen molar-refractivity contribution >= 4 is 27.5 Å². The molecule has 0 aliphatic carbocycles. The summed E-state index contributed by atoms with van der Waals surface area (Å²) in [5.41, 5.74) is 3.37. The van der Waals surface area contributed by atoms with Gasteiger partial charge in [-0.05, 0) is 58.2 Å². The van der Waals surface area contributed by atoms with E-state index in [1.54, 1.807) is 25.2 Å². The van der Waals surface area contributed by atoms with Crippen LogP contribution in [0.3, 0.4) is 0 Å². The van der Waals surface area contributed by atoms with Crippen LogP contribution < -0.4 is 10.6 Å². The summed E-state index contributed by atoms with van der Waals surface area (Å²) in [4.78, 5) is 11.8. The lowest BCUT2D eigenvalue weighted by Crippen LogP contribution is -2.19. The molecule has 0 aliphatic rings. The largest absolute Gasteiger partial charge is 0.381 e. The van der Waals surface area contributed by atoms with Crippen molar-refractivity contribution in [3.05, 3.63) is 63.4 Å². The number of carbonyl (C=O) groups excluding carboxylic acids is 1. The Hall–Kier alpha value is -1.88. The van der Waals surface area contributed by atoms with E-state index in [-0.39, 0.29) is 11.7 Å². The molecule has 5 heteroatoms. The zero-order valence-electron chi connectivity index (χ0n) is 11.8. The van der Waals surface area contributed by atoms with E-state index in [1.165, 1.54) is 6.07 Å². The highest BCUT2D eigenvalue weighted by Crippen LogP contribution is 2.21. The van der Waals surface area contributed by atoms with Crippen molar-refractivity contribution in [1.29, 1.82) is 0 Å². The minimum Gasteiger partial charge on any atom is -0.381 e. The fourth-order valence-electron chi connectivity index (χ4n) is 2.05. The SMILES string of the molecule is CNC(=O)c1cccc(NCc2ccc(F)c(Br)c2)c1C. The highest BCUT2D eigenvalue weighted by molar-refractivity contribution is 9.10. The van der Waals surface area contributed by atoms with Gasteiger partial charge >= 0.3 is 0 Å². The molecule has 2 N–H and O–H groups in total. The maximum Gasteiger partial charge on any atom is 0.251 e. The lowest BCUT2D eigenvalue weighted by Gasteiger charge is -2.13. The number of benzene rings is 2. The molecule has 0 heterocycles. The van der Waals surface area contributed by atoms with E-state index >= 15 is 0 Å². The van der Waals surface area contributed by atoms with Crippen LogP contribution in [-0.2, 0) is 6.54 Å². The van der Waals surface area contributed by atoms with Crippen LogP contribution in [0.2, 0.25) is 0 Å². The minimum absolute atomic E-state index is 0.110. The molecule has 0 radical (unpaired) electrons. The molecule has 0 saturated heterocycles. The van der Waals surface area contributed by atoms with E-state index in [4.69, 9.17) is 0 Å². The van der Waals surface area contributed by atoms with E-state index in [9.17, 15) is 9.18 Å². The van der Waals surface area contributed by atoms with Crippen molar-refractivity contribution in [1.82, 2.24) is 5.32 Å². The van der Waals surface area contributed by atoms with E-state index in [2.05, 4.69) is 26.6 Å². The zero-order valence-corrected chi connectivity index (χ0v) is 13.4. The number of nitrogens with one attached hydrogen (secondary N) is 2.